The Labute approximate surface area is 186 Å². The molecule has 1 aliphatic heterocycles. The number of allylic oxidation sites excluding steroid dienone is 1. The van der Waals surface area contributed by atoms with Gasteiger partial charge in [0.2, 0.25) is 0 Å². The van der Waals surface area contributed by atoms with Gasteiger partial charge in [-0.1, -0.05) is 49.2 Å². The molecule has 0 radical (unpaired) electrons. The van der Waals surface area contributed by atoms with E-state index in [1.165, 1.54) is 55.7 Å². The first-order chi connectivity index (χ1) is 15.3. The molecule has 1 fully saturated rings. The third kappa shape index (κ3) is 5.19. The van der Waals surface area contributed by atoms with Crippen molar-refractivity contribution in [3.63, 3.8) is 0 Å². The molecule has 2 heterocycles. The fraction of sp³-hybridized carbons (Fsp3) is 0.444. The summed E-state index contributed by atoms with van der Waals surface area (Å²) in [7, 11) is 0. The molecule has 31 heavy (non-hydrogen) atoms. The maximum absolute atomic E-state index is 6.14. The third-order valence-corrected chi connectivity index (χ3v) is 6.37. The average Bonchev–Trinajstić information content (AvgIpc) is 2.96. The predicted octanol–water partition coefficient (Wildman–Crippen LogP) is 6.17. The molecule has 0 saturated carbocycles. The molecule has 2 aromatic carbocycles. The fourth-order valence-electron chi connectivity index (χ4n) is 4.67. The Morgan fingerprint density at radius 1 is 1.03 bits per heavy atom. The molecule has 164 valence electrons. The van der Waals surface area contributed by atoms with Crippen LogP contribution in [0.15, 0.2) is 61.2 Å². The first-order valence-corrected chi connectivity index (χ1v) is 11.8. The summed E-state index contributed by atoms with van der Waals surface area (Å²) in [6.45, 7) is 10.1. The van der Waals surface area contributed by atoms with E-state index in [0.717, 1.165) is 30.7 Å². The van der Waals surface area contributed by atoms with Crippen molar-refractivity contribution in [2.24, 2.45) is 0 Å². The van der Waals surface area contributed by atoms with Crippen LogP contribution in [0.3, 0.4) is 0 Å². The van der Waals surface area contributed by atoms with E-state index in [0.29, 0.717) is 12.6 Å². The molecule has 0 aliphatic carbocycles. The Morgan fingerprint density at radius 3 is 2.58 bits per heavy atom. The van der Waals surface area contributed by atoms with Gasteiger partial charge in [0, 0.05) is 6.54 Å². The maximum atomic E-state index is 6.14. The largest absolute Gasteiger partial charge is 0.493 e. The summed E-state index contributed by atoms with van der Waals surface area (Å²) in [6.07, 6.45) is 9.00. The van der Waals surface area contributed by atoms with Gasteiger partial charge in [-0.25, -0.2) is 4.98 Å². The van der Waals surface area contributed by atoms with Gasteiger partial charge in [-0.3, -0.25) is 4.90 Å². The summed E-state index contributed by atoms with van der Waals surface area (Å²) in [4.78, 5) is 7.68. The van der Waals surface area contributed by atoms with E-state index >= 15 is 0 Å². The highest BCUT2D eigenvalue weighted by Gasteiger charge is 2.23. The van der Waals surface area contributed by atoms with Crippen molar-refractivity contribution in [2.45, 2.75) is 58.0 Å². The lowest BCUT2D eigenvalue weighted by Gasteiger charge is -2.27. The van der Waals surface area contributed by atoms with Gasteiger partial charge >= 0.3 is 0 Å². The Hall–Kier alpha value is -2.59. The van der Waals surface area contributed by atoms with Crippen molar-refractivity contribution in [1.29, 1.82) is 0 Å². The SMILES string of the molecule is C=CCc1ccccc1OCCCn1c(C(C)N2CCCCCC2)nc2ccccc21. The van der Waals surface area contributed by atoms with E-state index in [2.05, 4.69) is 65.4 Å². The highest BCUT2D eigenvalue weighted by molar-refractivity contribution is 5.76. The molecule has 4 nitrogen and oxygen atoms in total. The first-order valence-electron chi connectivity index (χ1n) is 11.8. The molecular formula is C27H35N3O. The molecule has 4 rings (SSSR count). The highest BCUT2D eigenvalue weighted by Crippen LogP contribution is 2.27. The number of aromatic nitrogens is 2. The van der Waals surface area contributed by atoms with Gasteiger partial charge in [0.15, 0.2) is 0 Å². The fourth-order valence-corrected chi connectivity index (χ4v) is 4.67. The lowest BCUT2D eigenvalue weighted by molar-refractivity contribution is 0.206. The molecule has 0 spiro atoms. The van der Waals surface area contributed by atoms with Gasteiger partial charge in [0.25, 0.3) is 0 Å². The van der Waals surface area contributed by atoms with E-state index in [1.54, 1.807) is 0 Å². The zero-order valence-electron chi connectivity index (χ0n) is 18.8. The molecule has 1 saturated heterocycles. The molecule has 1 atom stereocenters. The van der Waals surface area contributed by atoms with Gasteiger partial charge in [-0.05, 0) is 69.5 Å². The smallest absolute Gasteiger partial charge is 0.127 e. The second-order valence-corrected chi connectivity index (χ2v) is 8.54. The Kier molecular flexibility index (Phi) is 7.42. The van der Waals surface area contributed by atoms with Crippen molar-refractivity contribution in [2.75, 3.05) is 19.7 Å². The first kappa shape index (κ1) is 21.6. The normalized spacial score (nSPS) is 16.2. The zero-order chi connectivity index (χ0) is 21.5. The number of aryl methyl sites for hydroxylation is 1. The van der Waals surface area contributed by atoms with Gasteiger partial charge in [-0.2, -0.15) is 0 Å². The molecule has 0 bridgehead atoms. The van der Waals surface area contributed by atoms with Crippen LogP contribution in [-0.4, -0.2) is 34.1 Å². The van der Waals surface area contributed by atoms with Crippen LogP contribution in [0.1, 0.15) is 56.5 Å². The van der Waals surface area contributed by atoms with Gasteiger partial charge in [0.1, 0.15) is 11.6 Å². The van der Waals surface area contributed by atoms with Crippen LogP contribution >= 0.6 is 0 Å². The van der Waals surface area contributed by atoms with E-state index < -0.39 is 0 Å². The third-order valence-electron chi connectivity index (χ3n) is 6.37. The second kappa shape index (κ2) is 10.6. The topological polar surface area (TPSA) is 30.3 Å². The summed E-state index contributed by atoms with van der Waals surface area (Å²) in [5, 5.41) is 0. The maximum Gasteiger partial charge on any atom is 0.127 e. The summed E-state index contributed by atoms with van der Waals surface area (Å²) in [5.74, 6) is 2.16. The number of para-hydroxylation sites is 3. The van der Waals surface area contributed by atoms with Crippen LogP contribution in [0.4, 0.5) is 0 Å². The van der Waals surface area contributed by atoms with Crippen molar-refractivity contribution < 1.29 is 4.74 Å². The summed E-state index contributed by atoms with van der Waals surface area (Å²) in [6, 6.07) is 17.1. The molecule has 0 amide bonds. The number of benzene rings is 2. The summed E-state index contributed by atoms with van der Waals surface area (Å²) >= 11 is 0. The van der Waals surface area contributed by atoms with Gasteiger partial charge in [-0.15, -0.1) is 6.58 Å². The van der Waals surface area contributed by atoms with Crippen LogP contribution < -0.4 is 4.74 Å². The van der Waals surface area contributed by atoms with Crippen molar-refractivity contribution >= 4 is 11.0 Å². The Bertz CT molecular complexity index is 985. The number of fused-ring (bicyclic) bond motifs is 1. The monoisotopic (exact) mass is 417 g/mol. The van der Waals surface area contributed by atoms with Crippen molar-refractivity contribution in [1.82, 2.24) is 14.5 Å². The minimum Gasteiger partial charge on any atom is -0.493 e. The number of nitrogens with zero attached hydrogens (tertiary/aromatic N) is 3. The lowest BCUT2D eigenvalue weighted by atomic mass is 10.1. The summed E-state index contributed by atoms with van der Waals surface area (Å²) in [5.41, 5.74) is 3.52. The van der Waals surface area contributed by atoms with E-state index in [-0.39, 0.29) is 0 Å². The molecule has 0 N–H and O–H groups in total. The quantitative estimate of drug-likeness (QED) is 0.308. The molecule has 1 unspecified atom stereocenters. The number of imidazole rings is 1. The molecule has 4 heteroatoms. The zero-order valence-corrected chi connectivity index (χ0v) is 18.8. The number of likely N-dealkylation sites (tertiary alicyclic amines) is 1. The van der Waals surface area contributed by atoms with Gasteiger partial charge < -0.3 is 9.30 Å². The molecular weight excluding hydrogens is 382 g/mol. The lowest BCUT2D eigenvalue weighted by Crippen LogP contribution is -2.30. The van der Waals surface area contributed by atoms with Gasteiger partial charge in [0.05, 0.1) is 23.7 Å². The van der Waals surface area contributed by atoms with Crippen molar-refractivity contribution in [3.05, 3.63) is 72.6 Å². The standard InChI is InChI=1S/C27H35N3O/c1-3-13-23-14-6-9-17-26(23)31-21-12-20-30-25-16-8-7-15-24(25)28-27(30)22(2)29-18-10-4-5-11-19-29/h3,6-9,14-17,22H,1,4-5,10-13,18-21H2,2H3. The van der Waals surface area contributed by atoms with Crippen LogP contribution in [-0.2, 0) is 13.0 Å². The molecule has 1 aromatic heterocycles. The number of rotatable bonds is 9. The number of ether oxygens (including phenoxy) is 1. The number of hydrogen-bond acceptors (Lipinski definition) is 3. The molecule has 3 aromatic rings. The van der Waals surface area contributed by atoms with E-state index in [4.69, 9.17) is 9.72 Å². The van der Waals surface area contributed by atoms with E-state index in [1.807, 2.05) is 12.1 Å². The minimum atomic E-state index is 0.333. The van der Waals surface area contributed by atoms with Crippen molar-refractivity contribution in [3.8, 4) is 5.75 Å². The second-order valence-electron chi connectivity index (χ2n) is 8.54. The van der Waals surface area contributed by atoms with Crippen LogP contribution in [0, 0.1) is 0 Å². The van der Waals surface area contributed by atoms with Crippen LogP contribution in [0.25, 0.3) is 11.0 Å². The molecule has 1 aliphatic rings. The Balaban J connectivity index is 1.48. The Morgan fingerprint density at radius 2 is 1.77 bits per heavy atom. The van der Waals surface area contributed by atoms with Crippen LogP contribution in [0.5, 0.6) is 5.75 Å². The summed E-state index contributed by atoms with van der Waals surface area (Å²) < 4.78 is 8.56. The average molecular weight is 418 g/mol. The highest BCUT2D eigenvalue weighted by atomic mass is 16.5. The van der Waals surface area contributed by atoms with Crippen LogP contribution in [0.2, 0.25) is 0 Å². The van der Waals surface area contributed by atoms with E-state index in [9.17, 15) is 0 Å². The number of hydrogen-bond donors (Lipinski definition) is 0. The predicted molar refractivity (Wildman–Crippen MR) is 129 cm³/mol. The minimum absolute atomic E-state index is 0.333.